The first-order valence-corrected chi connectivity index (χ1v) is 9.14. The van der Waals surface area contributed by atoms with E-state index >= 15 is 0 Å². The summed E-state index contributed by atoms with van der Waals surface area (Å²) in [5.41, 5.74) is 1.23. The van der Waals surface area contributed by atoms with Crippen LogP contribution in [0.3, 0.4) is 0 Å². The van der Waals surface area contributed by atoms with Crippen LogP contribution in [0, 0.1) is 5.92 Å². The first kappa shape index (κ1) is 16.3. The third-order valence-electron chi connectivity index (χ3n) is 5.23. The Labute approximate surface area is 139 Å². The number of rotatable bonds is 6. The first-order chi connectivity index (χ1) is 11.3. The summed E-state index contributed by atoms with van der Waals surface area (Å²) in [7, 11) is 0. The SMILES string of the molecule is O=C(NCCN1CCCCC1)NC(c1ccccc1)C1CCC1. The van der Waals surface area contributed by atoms with Crippen LogP contribution < -0.4 is 10.6 Å². The maximum Gasteiger partial charge on any atom is 0.315 e. The number of amides is 2. The van der Waals surface area contributed by atoms with E-state index in [9.17, 15) is 4.79 Å². The lowest BCUT2D eigenvalue weighted by Gasteiger charge is -2.34. The second kappa shape index (κ2) is 8.34. The number of hydrogen-bond donors (Lipinski definition) is 2. The largest absolute Gasteiger partial charge is 0.337 e. The van der Waals surface area contributed by atoms with Crippen LogP contribution in [0.2, 0.25) is 0 Å². The predicted octanol–water partition coefficient (Wildman–Crippen LogP) is 3.31. The van der Waals surface area contributed by atoms with Gasteiger partial charge in [0, 0.05) is 13.1 Å². The van der Waals surface area contributed by atoms with Gasteiger partial charge < -0.3 is 15.5 Å². The molecule has 1 atom stereocenters. The van der Waals surface area contributed by atoms with E-state index in [1.165, 1.54) is 57.2 Å². The molecule has 126 valence electrons. The van der Waals surface area contributed by atoms with E-state index in [1.807, 2.05) is 6.07 Å². The van der Waals surface area contributed by atoms with Crippen LogP contribution in [0.25, 0.3) is 0 Å². The van der Waals surface area contributed by atoms with Crippen molar-refractivity contribution in [2.45, 2.75) is 44.6 Å². The van der Waals surface area contributed by atoms with Gasteiger partial charge in [-0.15, -0.1) is 0 Å². The molecule has 2 N–H and O–H groups in total. The Morgan fingerprint density at radius 2 is 1.83 bits per heavy atom. The van der Waals surface area contributed by atoms with E-state index in [-0.39, 0.29) is 12.1 Å². The minimum Gasteiger partial charge on any atom is -0.337 e. The second-order valence-corrected chi connectivity index (χ2v) is 6.88. The van der Waals surface area contributed by atoms with Crippen LogP contribution in [-0.2, 0) is 0 Å². The van der Waals surface area contributed by atoms with E-state index in [1.54, 1.807) is 0 Å². The van der Waals surface area contributed by atoms with Crippen molar-refractivity contribution in [3.8, 4) is 0 Å². The number of nitrogens with one attached hydrogen (secondary N) is 2. The first-order valence-electron chi connectivity index (χ1n) is 9.14. The van der Waals surface area contributed by atoms with Crippen LogP contribution in [0.1, 0.15) is 50.1 Å². The van der Waals surface area contributed by atoms with Gasteiger partial charge in [0.1, 0.15) is 0 Å². The Hall–Kier alpha value is -1.55. The summed E-state index contributed by atoms with van der Waals surface area (Å²) in [6, 6.07) is 10.5. The van der Waals surface area contributed by atoms with Gasteiger partial charge in [-0.1, -0.05) is 43.2 Å². The summed E-state index contributed by atoms with van der Waals surface area (Å²) in [6.07, 6.45) is 7.66. The standard InChI is InChI=1S/C19H29N3O/c23-19(20-12-15-22-13-5-2-6-14-22)21-18(17-10-7-11-17)16-8-3-1-4-9-16/h1,3-4,8-9,17-18H,2,5-7,10-15H2,(H2,20,21,23). The van der Waals surface area contributed by atoms with Crippen molar-refractivity contribution in [2.24, 2.45) is 5.92 Å². The number of piperidine rings is 1. The highest BCUT2D eigenvalue weighted by Crippen LogP contribution is 2.37. The van der Waals surface area contributed by atoms with E-state index in [4.69, 9.17) is 0 Å². The minimum atomic E-state index is -0.0252. The van der Waals surface area contributed by atoms with E-state index < -0.39 is 0 Å². The monoisotopic (exact) mass is 315 g/mol. The Morgan fingerprint density at radius 3 is 2.48 bits per heavy atom. The number of urea groups is 1. The van der Waals surface area contributed by atoms with E-state index in [0.717, 1.165) is 13.1 Å². The fourth-order valence-electron chi connectivity index (χ4n) is 3.61. The molecule has 0 aromatic heterocycles. The fraction of sp³-hybridized carbons (Fsp3) is 0.632. The molecule has 1 aliphatic heterocycles. The van der Waals surface area contributed by atoms with Gasteiger partial charge in [0.2, 0.25) is 0 Å². The smallest absolute Gasteiger partial charge is 0.315 e. The average Bonchev–Trinajstić information content (AvgIpc) is 2.54. The zero-order valence-electron chi connectivity index (χ0n) is 14.0. The van der Waals surface area contributed by atoms with Gasteiger partial charge in [-0.2, -0.15) is 0 Å². The highest BCUT2D eigenvalue weighted by atomic mass is 16.2. The van der Waals surface area contributed by atoms with Gasteiger partial charge in [-0.25, -0.2) is 4.79 Å². The minimum absolute atomic E-state index is 0.0252. The Kier molecular flexibility index (Phi) is 5.92. The van der Waals surface area contributed by atoms with Crippen LogP contribution in [0.15, 0.2) is 30.3 Å². The molecule has 3 rings (SSSR count). The van der Waals surface area contributed by atoms with Gasteiger partial charge >= 0.3 is 6.03 Å². The van der Waals surface area contributed by atoms with Gasteiger partial charge in [0.25, 0.3) is 0 Å². The van der Waals surface area contributed by atoms with Gasteiger partial charge in [-0.05, 0) is 50.3 Å². The molecule has 1 unspecified atom stereocenters. The fourth-order valence-corrected chi connectivity index (χ4v) is 3.61. The lowest BCUT2D eigenvalue weighted by atomic mass is 9.77. The Bertz CT molecular complexity index is 481. The van der Waals surface area contributed by atoms with E-state index in [2.05, 4.69) is 39.8 Å². The Balaban J connectivity index is 1.46. The third kappa shape index (κ3) is 4.71. The molecule has 2 aliphatic rings. The zero-order chi connectivity index (χ0) is 15.9. The van der Waals surface area contributed by atoms with Crippen molar-refractivity contribution in [2.75, 3.05) is 26.2 Å². The summed E-state index contributed by atoms with van der Waals surface area (Å²) in [6.45, 7) is 4.06. The van der Waals surface area contributed by atoms with Gasteiger partial charge in [-0.3, -0.25) is 0 Å². The molecule has 2 fully saturated rings. The molecule has 0 radical (unpaired) electrons. The van der Waals surface area contributed by atoms with Crippen molar-refractivity contribution in [3.05, 3.63) is 35.9 Å². The van der Waals surface area contributed by atoms with Crippen molar-refractivity contribution in [1.82, 2.24) is 15.5 Å². The maximum absolute atomic E-state index is 12.3. The van der Waals surface area contributed by atoms with Gasteiger partial charge in [0.05, 0.1) is 6.04 Å². The van der Waals surface area contributed by atoms with Crippen LogP contribution in [0.4, 0.5) is 4.79 Å². The van der Waals surface area contributed by atoms with Crippen LogP contribution >= 0.6 is 0 Å². The molecule has 1 saturated carbocycles. The third-order valence-corrected chi connectivity index (χ3v) is 5.23. The number of hydrogen-bond acceptors (Lipinski definition) is 2. The molecule has 4 heteroatoms. The molecule has 1 saturated heterocycles. The number of nitrogens with zero attached hydrogens (tertiary/aromatic N) is 1. The van der Waals surface area contributed by atoms with Gasteiger partial charge in [0.15, 0.2) is 0 Å². The summed E-state index contributed by atoms with van der Waals surface area (Å²) in [4.78, 5) is 14.7. The summed E-state index contributed by atoms with van der Waals surface area (Å²) >= 11 is 0. The predicted molar refractivity (Wildman–Crippen MR) is 93.3 cm³/mol. The summed E-state index contributed by atoms with van der Waals surface area (Å²) < 4.78 is 0. The zero-order valence-corrected chi connectivity index (χ0v) is 14.0. The van der Waals surface area contributed by atoms with Crippen molar-refractivity contribution in [1.29, 1.82) is 0 Å². The number of likely N-dealkylation sites (tertiary alicyclic amines) is 1. The Morgan fingerprint density at radius 1 is 1.09 bits per heavy atom. The molecule has 1 heterocycles. The number of carbonyl (C=O) groups is 1. The molecule has 0 bridgehead atoms. The highest BCUT2D eigenvalue weighted by Gasteiger charge is 2.29. The molecule has 1 aliphatic carbocycles. The van der Waals surface area contributed by atoms with Crippen LogP contribution in [0.5, 0.6) is 0 Å². The normalized spacial score (nSPS) is 20.5. The van der Waals surface area contributed by atoms with Crippen molar-refractivity contribution < 1.29 is 4.79 Å². The molecule has 23 heavy (non-hydrogen) atoms. The quantitative estimate of drug-likeness (QED) is 0.846. The molecule has 1 aromatic rings. The second-order valence-electron chi connectivity index (χ2n) is 6.88. The maximum atomic E-state index is 12.3. The summed E-state index contributed by atoms with van der Waals surface area (Å²) in [5, 5.41) is 6.25. The molecule has 4 nitrogen and oxygen atoms in total. The van der Waals surface area contributed by atoms with E-state index in [0.29, 0.717) is 5.92 Å². The van der Waals surface area contributed by atoms with Crippen molar-refractivity contribution >= 4 is 6.03 Å². The topological polar surface area (TPSA) is 44.4 Å². The van der Waals surface area contributed by atoms with Crippen LogP contribution in [-0.4, -0.2) is 37.1 Å². The number of benzene rings is 1. The molecular weight excluding hydrogens is 286 g/mol. The average molecular weight is 315 g/mol. The lowest BCUT2D eigenvalue weighted by Crippen LogP contribution is -2.45. The van der Waals surface area contributed by atoms with Crippen molar-refractivity contribution in [3.63, 3.8) is 0 Å². The number of carbonyl (C=O) groups excluding carboxylic acids is 1. The molecule has 0 spiro atoms. The summed E-state index contributed by atoms with van der Waals surface area (Å²) in [5.74, 6) is 0.588. The molecular formula is C19H29N3O. The molecule has 1 aromatic carbocycles. The highest BCUT2D eigenvalue weighted by molar-refractivity contribution is 5.74. The lowest BCUT2D eigenvalue weighted by molar-refractivity contribution is 0.202. The molecule has 2 amide bonds.